The molecule has 0 aliphatic carbocycles. The zero-order valence-electron chi connectivity index (χ0n) is 17.1. The molecule has 7 heteroatoms. The molecule has 0 unspecified atom stereocenters. The second kappa shape index (κ2) is 7.27. The largest absolute Gasteiger partial charge is 0.464 e. The zero-order valence-corrected chi connectivity index (χ0v) is 17.1. The van der Waals surface area contributed by atoms with Crippen molar-refractivity contribution in [2.24, 2.45) is 0 Å². The van der Waals surface area contributed by atoms with Gasteiger partial charge in [0.1, 0.15) is 17.1 Å². The Balaban J connectivity index is 1.52. The molecule has 0 bridgehead atoms. The maximum Gasteiger partial charge on any atom is 0.312 e. The van der Waals surface area contributed by atoms with Gasteiger partial charge in [-0.2, -0.15) is 0 Å². The van der Waals surface area contributed by atoms with Crippen LogP contribution in [0.1, 0.15) is 39.4 Å². The van der Waals surface area contributed by atoms with Crippen LogP contribution < -0.4 is 14.9 Å². The fourth-order valence-electron chi connectivity index (χ4n) is 4.32. The molecule has 0 radical (unpaired) electrons. The fraction of sp³-hybridized carbons (Fsp3) is 0.0769. The minimum atomic E-state index is -0.678. The topological polar surface area (TPSA) is 95.7 Å². The number of nitrogens with zero attached hydrogens (tertiary/aromatic N) is 1. The first kappa shape index (κ1) is 19.2. The molecule has 160 valence electrons. The molecule has 2 aromatic heterocycles. The number of carbonyl (C=O) groups excluding carboxylic acids is 2. The van der Waals surface area contributed by atoms with E-state index < -0.39 is 11.9 Å². The van der Waals surface area contributed by atoms with Gasteiger partial charge in [-0.05, 0) is 42.0 Å². The summed E-state index contributed by atoms with van der Waals surface area (Å²) in [6, 6.07) is 13.6. The Morgan fingerprint density at radius 1 is 0.970 bits per heavy atom. The smallest absolute Gasteiger partial charge is 0.312 e. The number of hydrogen-bond donors (Lipinski definition) is 0. The molecule has 4 heterocycles. The number of allylic oxidation sites excluding steroid dienone is 1. The minimum absolute atomic E-state index is 0.0776. The highest BCUT2D eigenvalue weighted by Crippen LogP contribution is 2.48. The van der Waals surface area contributed by atoms with E-state index in [0.717, 1.165) is 0 Å². The Hall–Kier alpha value is -4.52. The van der Waals surface area contributed by atoms with E-state index in [1.165, 1.54) is 6.26 Å². The van der Waals surface area contributed by atoms with E-state index in [4.69, 9.17) is 13.9 Å². The quantitative estimate of drug-likeness (QED) is 0.263. The number of carbonyl (C=O) groups is 2. The monoisotopic (exact) mass is 437 g/mol. The van der Waals surface area contributed by atoms with E-state index in [1.807, 2.05) is 0 Å². The molecule has 0 saturated heterocycles. The fourth-order valence-corrected chi connectivity index (χ4v) is 4.32. The molecule has 1 atom stereocenters. The van der Waals surface area contributed by atoms with Crippen molar-refractivity contribution < 1.29 is 23.5 Å². The molecule has 0 fully saturated rings. The van der Waals surface area contributed by atoms with Crippen LogP contribution >= 0.6 is 0 Å². The molecule has 7 nitrogen and oxygen atoms in total. The minimum Gasteiger partial charge on any atom is -0.464 e. The Kier molecular flexibility index (Phi) is 4.23. The summed E-state index contributed by atoms with van der Waals surface area (Å²) in [5, 5.41) is 0.414. The van der Waals surface area contributed by atoms with E-state index in [1.54, 1.807) is 67.0 Å². The normalized spacial score (nSPS) is 18.1. The van der Waals surface area contributed by atoms with Gasteiger partial charge in [-0.15, -0.1) is 0 Å². The van der Waals surface area contributed by atoms with E-state index >= 15 is 0 Å². The maximum atomic E-state index is 13.3. The molecule has 4 aromatic rings. The second-order valence-corrected chi connectivity index (χ2v) is 7.83. The van der Waals surface area contributed by atoms with Crippen molar-refractivity contribution in [3.63, 3.8) is 0 Å². The molecular formula is C26H15NO6. The highest BCUT2D eigenvalue weighted by molar-refractivity contribution is 6.15. The number of benzene rings is 2. The number of Topliss-reactive ketones (excluding diaryl/α,β-unsaturated/α-hetero) is 1. The summed E-state index contributed by atoms with van der Waals surface area (Å²) in [4.78, 5) is 42.7. The lowest BCUT2D eigenvalue weighted by molar-refractivity contribution is -0.135. The van der Waals surface area contributed by atoms with Gasteiger partial charge in [-0.25, -0.2) is 0 Å². The summed E-state index contributed by atoms with van der Waals surface area (Å²) in [7, 11) is 0. The lowest BCUT2D eigenvalue weighted by Crippen LogP contribution is -2.25. The molecule has 2 aliphatic heterocycles. The molecule has 0 saturated carbocycles. The average molecular weight is 437 g/mol. The molecular weight excluding hydrogens is 422 g/mol. The summed E-state index contributed by atoms with van der Waals surface area (Å²) in [5.41, 5.74) is 2.06. The van der Waals surface area contributed by atoms with Gasteiger partial charge in [0.15, 0.2) is 11.2 Å². The van der Waals surface area contributed by atoms with Crippen molar-refractivity contribution >= 4 is 28.8 Å². The lowest BCUT2D eigenvalue weighted by Gasteiger charge is -2.25. The summed E-state index contributed by atoms with van der Waals surface area (Å²) in [6.07, 6.45) is 6.16. The summed E-state index contributed by atoms with van der Waals surface area (Å²) >= 11 is 0. The zero-order chi connectivity index (χ0) is 22.5. The van der Waals surface area contributed by atoms with E-state index in [-0.39, 0.29) is 34.9 Å². The third kappa shape index (κ3) is 3.05. The standard InChI is InChI=1S/C26H15NO6/c28-22-11-17(18-13-31-19-6-2-1-5-15(19)24(18)29)23-20(32-22)8-7-16-25(30)21(33-26(16)23)10-14-4-3-9-27-12-14/h1-10,12-13,17H,11H2/b21-10-/t17-/m0/s1. The number of fused-ring (bicyclic) bond motifs is 4. The number of para-hydroxylation sites is 1. The third-order valence-electron chi connectivity index (χ3n) is 5.84. The molecule has 0 N–H and O–H groups in total. The summed E-state index contributed by atoms with van der Waals surface area (Å²) in [6.45, 7) is 0. The van der Waals surface area contributed by atoms with Crippen LogP contribution in [0, 0.1) is 0 Å². The van der Waals surface area contributed by atoms with Crippen LogP contribution in [0.15, 0.2) is 82.2 Å². The average Bonchev–Trinajstić information content (AvgIpc) is 3.14. The second-order valence-electron chi connectivity index (χ2n) is 7.83. The SMILES string of the molecule is O=C1C[C@@H](c2coc3ccccc3c2=O)c2c(ccc3c2O/C(=C\c2cccnc2)C3=O)O1. The van der Waals surface area contributed by atoms with Crippen LogP contribution in [-0.4, -0.2) is 16.7 Å². The molecule has 0 spiro atoms. The number of ketones is 1. The van der Waals surface area contributed by atoms with Crippen molar-refractivity contribution in [1.82, 2.24) is 4.98 Å². The summed E-state index contributed by atoms with van der Waals surface area (Å²) in [5.74, 6) is -0.765. The predicted molar refractivity (Wildman–Crippen MR) is 118 cm³/mol. The van der Waals surface area contributed by atoms with E-state index in [0.29, 0.717) is 33.2 Å². The van der Waals surface area contributed by atoms with Crippen molar-refractivity contribution in [2.75, 3.05) is 0 Å². The van der Waals surface area contributed by atoms with Crippen molar-refractivity contribution in [3.05, 3.63) is 105 Å². The Morgan fingerprint density at radius 2 is 1.85 bits per heavy atom. The number of hydrogen-bond acceptors (Lipinski definition) is 7. The molecule has 33 heavy (non-hydrogen) atoms. The van der Waals surface area contributed by atoms with Gasteiger partial charge in [0.2, 0.25) is 5.78 Å². The van der Waals surface area contributed by atoms with Gasteiger partial charge in [0.05, 0.1) is 23.6 Å². The first-order chi connectivity index (χ1) is 16.1. The van der Waals surface area contributed by atoms with Crippen molar-refractivity contribution in [3.8, 4) is 11.5 Å². The number of ether oxygens (including phenoxy) is 2. The number of esters is 1. The van der Waals surface area contributed by atoms with Crippen LogP contribution in [0.4, 0.5) is 0 Å². The van der Waals surface area contributed by atoms with Gasteiger partial charge in [-0.1, -0.05) is 18.2 Å². The number of aromatic nitrogens is 1. The van der Waals surface area contributed by atoms with Crippen molar-refractivity contribution in [1.29, 1.82) is 0 Å². The maximum absolute atomic E-state index is 13.3. The highest BCUT2D eigenvalue weighted by Gasteiger charge is 2.39. The van der Waals surface area contributed by atoms with Crippen molar-refractivity contribution in [2.45, 2.75) is 12.3 Å². The van der Waals surface area contributed by atoms with E-state index in [9.17, 15) is 14.4 Å². The first-order valence-corrected chi connectivity index (χ1v) is 10.3. The van der Waals surface area contributed by atoms with Gasteiger partial charge in [-0.3, -0.25) is 19.4 Å². The van der Waals surface area contributed by atoms with Gasteiger partial charge < -0.3 is 13.9 Å². The van der Waals surface area contributed by atoms with Crippen LogP contribution in [0.2, 0.25) is 0 Å². The predicted octanol–water partition coefficient (Wildman–Crippen LogP) is 4.25. The lowest BCUT2D eigenvalue weighted by atomic mass is 9.85. The summed E-state index contributed by atoms with van der Waals surface area (Å²) < 4.78 is 17.1. The number of pyridine rings is 1. The van der Waals surface area contributed by atoms with Gasteiger partial charge >= 0.3 is 5.97 Å². The first-order valence-electron chi connectivity index (χ1n) is 10.3. The molecule has 6 rings (SSSR count). The van der Waals surface area contributed by atoms with Gasteiger partial charge in [0, 0.05) is 29.4 Å². The van der Waals surface area contributed by atoms with Crippen LogP contribution in [0.3, 0.4) is 0 Å². The molecule has 2 aromatic carbocycles. The molecule has 2 aliphatic rings. The van der Waals surface area contributed by atoms with Crippen LogP contribution in [0.5, 0.6) is 11.5 Å². The Bertz CT molecular complexity index is 1550. The van der Waals surface area contributed by atoms with E-state index in [2.05, 4.69) is 4.98 Å². The highest BCUT2D eigenvalue weighted by atomic mass is 16.5. The van der Waals surface area contributed by atoms with Gasteiger partial charge in [0.25, 0.3) is 0 Å². The Morgan fingerprint density at radius 3 is 2.70 bits per heavy atom. The van der Waals surface area contributed by atoms with Crippen LogP contribution in [0.25, 0.3) is 17.0 Å². The molecule has 0 amide bonds. The van der Waals surface area contributed by atoms with Crippen LogP contribution in [-0.2, 0) is 4.79 Å². The Labute approximate surface area is 186 Å². The third-order valence-corrected chi connectivity index (χ3v) is 5.84. The number of rotatable bonds is 2.